The topological polar surface area (TPSA) is 41.1 Å². The van der Waals surface area contributed by atoms with Crippen molar-refractivity contribution in [2.75, 3.05) is 5.32 Å². The molecule has 0 saturated heterocycles. The number of carbonyl (C=O) groups excluding carboxylic acids is 1. The summed E-state index contributed by atoms with van der Waals surface area (Å²) in [7, 11) is 0. The van der Waals surface area contributed by atoms with Crippen LogP contribution in [0.25, 0.3) is 0 Å². The highest BCUT2D eigenvalue weighted by Crippen LogP contribution is 2.33. The molecule has 122 valence electrons. The van der Waals surface area contributed by atoms with Gasteiger partial charge in [0.15, 0.2) is 0 Å². The number of hydrogen-bond acceptors (Lipinski definition) is 1. The monoisotopic (exact) mass is 326 g/mol. The van der Waals surface area contributed by atoms with Gasteiger partial charge in [0.2, 0.25) is 0 Å². The van der Waals surface area contributed by atoms with Crippen LogP contribution in [0.1, 0.15) is 24.1 Å². The van der Waals surface area contributed by atoms with E-state index in [0.717, 1.165) is 11.6 Å². The van der Waals surface area contributed by atoms with Crippen molar-refractivity contribution in [1.82, 2.24) is 5.32 Å². The van der Waals surface area contributed by atoms with E-state index in [1.54, 1.807) is 19.1 Å². The fraction of sp³-hybridized carbons (Fsp3) is 0.188. The third-order valence-corrected chi connectivity index (χ3v) is 3.18. The van der Waals surface area contributed by atoms with Crippen LogP contribution in [0.4, 0.5) is 28.0 Å². The maximum absolute atomic E-state index is 13.2. The molecule has 0 aromatic heterocycles. The molecule has 2 aromatic rings. The summed E-state index contributed by atoms with van der Waals surface area (Å²) in [6.07, 6.45) is -4.82. The van der Waals surface area contributed by atoms with E-state index >= 15 is 0 Å². The standard InChI is InChI=1S/C16H14F4N2O/c1-10(11-5-3-2-4-6-11)21-15(23)22-12-7-8-14(17)13(9-12)16(18,19)20/h2-10H,1H3,(H2,21,22,23). The molecule has 2 N–H and O–H groups in total. The van der Waals surface area contributed by atoms with Gasteiger partial charge in [-0.05, 0) is 30.7 Å². The van der Waals surface area contributed by atoms with Gasteiger partial charge in [0.05, 0.1) is 11.6 Å². The van der Waals surface area contributed by atoms with E-state index < -0.39 is 23.6 Å². The molecule has 0 bridgehead atoms. The van der Waals surface area contributed by atoms with Gasteiger partial charge in [-0.15, -0.1) is 0 Å². The zero-order chi connectivity index (χ0) is 17.0. The van der Waals surface area contributed by atoms with Crippen molar-refractivity contribution in [2.45, 2.75) is 19.1 Å². The fourth-order valence-electron chi connectivity index (χ4n) is 2.01. The Morgan fingerprint density at radius 3 is 2.35 bits per heavy atom. The first-order valence-corrected chi connectivity index (χ1v) is 6.76. The van der Waals surface area contributed by atoms with Gasteiger partial charge in [-0.1, -0.05) is 30.3 Å². The molecule has 1 atom stereocenters. The smallest absolute Gasteiger partial charge is 0.331 e. The predicted octanol–water partition coefficient (Wildman–Crippen LogP) is 4.73. The molecule has 0 radical (unpaired) electrons. The summed E-state index contributed by atoms with van der Waals surface area (Å²) in [5.41, 5.74) is -0.722. The van der Waals surface area contributed by atoms with E-state index in [2.05, 4.69) is 10.6 Å². The SMILES string of the molecule is CC(NC(=O)Nc1ccc(F)c(C(F)(F)F)c1)c1ccccc1. The Labute approximate surface area is 130 Å². The van der Waals surface area contributed by atoms with Crippen LogP contribution in [0.15, 0.2) is 48.5 Å². The minimum absolute atomic E-state index is 0.142. The molecule has 2 aromatic carbocycles. The summed E-state index contributed by atoms with van der Waals surface area (Å²) in [4.78, 5) is 11.8. The number of nitrogens with one attached hydrogen (secondary N) is 2. The number of halogens is 4. The lowest BCUT2D eigenvalue weighted by Crippen LogP contribution is -2.31. The summed E-state index contributed by atoms with van der Waals surface area (Å²) < 4.78 is 51.1. The molecule has 23 heavy (non-hydrogen) atoms. The Morgan fingerprint density at radius 2 is 1.74 bits per heavy atom. The van der Waals surface area contributed by atoms with E-state index in [0.29, 0.717) is 12.1 Å². The largest absolute Gasteiger partial charge is 0.419 e. The summed E-state index contributed by atoms with van der Waals surface area (Å²) in [5.74, 6) is -1.39. The second-order valence-electron chi connectivity index (χ2n) is 4.92. The number of benzene rings is 2. The zero-order valence-electron chi connectivity index (χ0n) is 12.1. The molecular formula is C16H14F4N2O. The number of alkyl halides is 3. The molecule has 1 unspecified atom stereocenters. The van der Waals surface area contributed by atoms with E-state index in [-0.39, 0.29) is 11.7 Å². The Morgan fingerprint density at radius 1 is 1.09 bits per heavy atom. The lowest BCUT2D eigenvalue weighted by atomic mass is 10.1. The van der Waals surface area contributed by atoms with Crippen LogP contribution in [0.5, 0.6) is 0 Å². The molecule has 2 rings (SSSR count). The summed E-state index contributed by atoms with van der Waals surface area (Å²) in [5, 5.41) is 4.86. The van der Waals surface area contributed by atoms with Gasteiger partial charge >= 0.3 is 12.2 Å². The van der Waals surface area contributed by atoms with E-state index in [1.807, 2.05) is 18.2 Å². The highest BCUT2D eigenvalue weighted by molar-refractivity contribution is 5.89. The van der Waals surface area contributed by atoms with Crippen LogP contribution in [0, 0.1) is 5.82 Å². The highest BCUT2D eigenvalue weighted by atomic mass is 19.4. The lowest BCUT2D eigenvalue weighted by molar-refractivity contribution is -0.139. The molecule has 3 nitrogen and oxygen atoms in total. The van der Waals surface area contributed by atoms with Crippen molar-refractivity contribution in [2.24, 2.45) is 0 Å². The molecular weight excluding hydrogens is 312 g/mol. The van der Waals surface area contributed by atoms with Crippen molar-refractivity contribution >= 4 is 11.7 Å². The third kappa shape index (κ3) is 4.45. The number of amides is 2. The van der Waals surface area contributed by atoms with Gasteiger partial charge in [-0.25, -0.2) is 9.18 Å². The first-order chi connectivity index (χ1) is 10.8. The maximum atomic E-state index is 13.2. The van der Waals surface area contributed by atoms with E-state index in [1.165, 1.54) is 0 Å². The normalized spacial score (nSPS) is 12.6. The lowest BCUT2D eigenvalue weighted by Gasteiger charge is -2.16. The van der Waals surface area contributed by atoms with E-state index in [4.69, 9.17) is 0 Å². The van der Waals surface area contributed by atoms with Crippen molar-refractivity contribution in [1.29, 1.82) is 0 Å². The summed E-state index contributed by atoms with van der Waals surface area (Å²) in [6, 6.07) is 10.3. The van der Waals surface area contributed by atoms with Gasteiger partial charge in [0.25, 0.3) is 0 Å². The van der Waals surface area contributed by atoms with Crippen molar-refractivity contribution in [3.05, 3.63) is 65.5 Å². The molecule has 0 fully saturated rings. The first kappa shape index (κ1) is 16.8. The number of rotatable bonds is 3. The number of carbonyl (C=O) groups is 1. The third-order valence-electron chi connectivity index (χ3n) is 3.18. The first-order valence-electron chi connectivity index (χ1n) is 6.76. The molecule has 0 saturated carbocycles. The summed E-state index contributed by atoms with van der Waals surface area (Å²) in [6.45, 7) is 1.74. The Kier molecular flexibility index (Phi) is 4.88. The van der Waals surface area contributed by atoms with Crippen LogP contribution in [0.2, 0.25) is 0 Å². The summed E-state index contributed by atoms with van der Waals surface area (Å²) >= 11 is 0. The minimum Gasteiger partial charge on any atom is -0.331 e. The molecule has 0 aliphatic rings. The van der Waals surface area contributed by atoms with Gasteiger partial charge in [0, 0.05) is 5.69 Å². The van der Waals surface area contributed by atoms with Gasteiger partial charge < -0.3 is 10.6 Å². The molecule has 7 heteroatoms. The number of urea groups is 1. The second-order valence-corrected chi connectivity index (χ2v) is 4.92. The fourth-order valence-corrected chi connectivity index (χ4v) is 2.01. The Hall–Kier alpha value is -2.57. The number of hydrogen-bond donors (Lipinski definition) is 2. The van der Waals surface area contributed by atoms with Crippen LogP contribution in [-0.2, 0) is 6.18 Å². The predicted molar refractivity (Wildman–Crippen MR) is 78.4 cm³/mol. The average Bonchev–Trinajstić information content (AvgIpc) is 2.49. The molecule has 0 aliphatic carbocycles. The molecule has 0 heterocycles. The van der Waals surface area contributed by atoms with Crippen LogP contribution < -0.4 is 10.6 Å². The maximum Gasteiger partial charge on any atom is 0.419 e. The number of anilines is 1. The van der Waals surface area contributed by atoms with Crippen LogP contribution >= 0.6 is 0 Å². The van der Waals surface area contributed by atoms with Gasteiger partial charge in [-0.2, -0.15) is 13.2 Å². The second kappa shape index (κ2) is 6.68. The minimum atomic E-state index is -4.82. The molecule has 0 spiro atoms. The molecule has 2 amide bonds. The van der Waals surface area contributed by atoms with Crippen molar-refractivity contribution < 1.29 is 22.4 Å². The van der Waals surface area contributed by atoms with Crippen molar-refractivity contribution in [3.63, 3.8) is 0 Å². The molecule has 0 aliphatic heterocycles. The Bertz CT molecular complexity index is 686. The van der Waals surface area contributed by atoms with Crippen molar-refractivity contribution in [3.8, 4) is 0 Å². The van der Waals surface area contributed by atoms with Gasteiger partial charge in [0.1, 0.15) is 5.82 Å². The van der Waals surface area contributed by atoms with Crippen LogP contribution in [-0.4, -0.2) is 6.03 Å². The van der Waals surface area contributed by atoms with Crippen LogP contribution in [0.3, 0.4) is 0 Å². The average molecular weight is 326 g/mol. The zero-order valence-corrected chi connectivity index (χ0v) is 12.1. The highest BCUT2D eigenvalue weighted by Gasteiger charge is 2.34. The Balaban J connectivity index is 2.06. The quantitative estimate of drug-likeness (QED) is 0.787. The van der Waals surface area contributed by atoms with E-state index in [9.17, 15) is 22.4 Å². The van der Waals surface area contributed by atoms with Gasteiger partial charge in [-0.3, -0.25) is 0 Å².